The fourth-order valence-electron chi connectivity index (χ4n) is 2.34. The lowest BCUT2D eigenvalue weighted by molar-refractivity contribution is -0.0118. The topological polar surface area (TPSA) is 21.3 Å². The summed E-state index contributed by atoms with van der Waals surface area (Å²) >= 11 is 2.10. The molecule has 0 bridgehead atoms. The molecule has 0 aromatic heterocycles. The van der Waals surface area contributed by atoms with Gasteiger partial charge in [0.1, 0.15) is 0 Å². The highest BCUT2D eigenvalue weighted by atomic mass is 32.2. The molecule has 0 amide bonds. The molecule has 1 heterocycles. The first kappa shape index (κ1) is 10.8. The van der Waals surface area contributed by atoms with Crippen LogP contribution in [0.3, 0.4) is 0 Å². The molecule has 1 aliphatic carbocycles. The second-order valence-electron chi connectivity index (χ2n) is 4.49. The summed E-state index contributed by atoms with van der Waals surface area (Å²) in [5.41, 5.74) is 0. The number of thioether (sulfide) groups is 1. The summed E-state index contributed by atoms with van der Waals surface area (Å²) < 4.78 is 5.55. The van der Waals surface area contributed by atoms with Crippen LogP contribution in [0.15, 0.2) is 0 Å². The maximum Gasteiger partial charge on any atom is 0.0604 e. The van der Waals surface area contributed by atoms with E-state index in [0.29, 0.717) is 6.10 Å². The van der Waals surface area contributed by atoms with Crippen molar-refractivity contribution in [1.82, 2.24) is 5.32 Å². The molecule has 3 heteroatoms. The Morgan fingerprint density at radius 2 is 2.07 bits per heavy atom. The highest BCUT2D eigenvalue weighted by Crippen LogP contribution is 2.29. The predicted molar refractivity (Wildman–Crippen MR) is 61.9 cm³/mol. The number of rotatable bonds is 4. The molecule has 2 nitrogen and oxygen atoms in total. The van der Waals surface area contributed by atoms with Gasteiger partial charge in [0.25, 0.3) is 0 Å². The smallest absolute Gasteiger partial charge is 0.0604 e. The molecule has 0 aromatic carbocycles. The van der Waals surface area contributed by atoms with Crippen LogP contribution in [0, 0.1) is 0 Å². The van der Waals surface area contributed by atoms with Crippen molar-refractivity contribution >= 4 is 11.8 Å². The van der Waals surface area contributed by atoms with E-state index in [-0.39, 0.29) is 0 Å². The third-order valence-electron chi connectivity index (χ3n) is 3.17. The van der Waals surface area contributed by atoms with Gasteiger partial charge in [-0.25, -0.2) is 0 Å². The molecule has 82 valence electrons. The Balaban J connectivity index is 1.60. The lowest BCUT2D eigenvalue weighted by Crippen LogP contribution is -2.49. The Bertz CT molecular complexity index is 182. The highest BCUT2D eigenvalue weighted by Gasteiger charge is 2.32. The molecule has 2 aliphatic rings. The van der Waals surface area contributed by atoms with Crippen LogP contribution < -0.4 is 5.32 Å². The number of nitrogens with one attached hydrogen (secondary N) is 1. The quantitative estimate of drug-likeness (QED) is 0.775. The third kappa shape index (κ3) is 2.65. The molecule has 2 atom stereocenters. The zero-order chi connectivity index (χ0) is 9.97. The number of hydrogen-bond donors (Lipinski definition) is 1. The summed E-state index contributed by atoms with van der Waals surface area (Å²) in [6.07, 6.45) is 4.34. The maximum absolute atomic E-state index is 5.55. The molecule has 2 fully saturated rings. The maximum atomic E-state index is 5.55. The van der Waals surface area contributed by atoms with Crippen molar-refractivity contribution in [2.75, 3.05) is 12.4 Å². The van der Waals surface area contributed by atoms with Crippen LogP contribution in [0.5, 0.6) is 0 Å². The number of ether oxygens (including phenoxy) is 1. The minimum Gasteiger partial charge on any atom is -0.378 e. The van der Waals surface area contributed by atoms with E-state index >= 15 is 0 Å². The van der Waals surface area contributed by atoms with Crippen LogP contribution in [0.2, 0.25) is 0 Å². The van der Waals surface area contributed by atoms with E-state index in [1.165, 1.54) is 25.0 Å². The van der Waals surface area contributed by atoms with Crippen LogP contribution in [0.1, 0.15) is 33.1 Å². The van der Waals surface area contributed by atoms with Gasteiger partial charge in [-0.15, -0.1) is 0 Å². The van der Waals surface area contributed by atoms with E-state index in [9.17, 15) is 0 Å². The second-order valence-corrected chi connectivity index (χ2v) is 5.96. The number of hydrogen-bond acceptors (Lipinski definition) is 3. The van der Waals surface area contributed by atoms with Crippen LogP contribution in [0.4, 0.5) is 0 Å². The average molecular weight is 215 g/mol. The Morgan fingerprint density at radius 1 is 1.29 bits per heavy atom. The van der Waals surface area contributed by atoms with E-state index < -0.39 is 0 Å². The Morgan fingerprint density at radius 3 is 2.64 bits per heavy atom. The van der Waals surface area contributed by atoms with E-state index in [0.717, 1.165) is 23.9 Å². The van der Waals surface area contributed by atoms with E-state index in [1.54, 1.807) is 0 Å². The minimum absolute atomic E-state index is 0.545. The molecule has 0 radical (unpaired) electrons. The Labute approximate surface area is 91.2 Å². The second kappa shape index (κ2) is 4.86. The van der Waals surface area contributed by atoms with Gasteiger partial charge in [0, 0.05) is 29.7 Å². The molecular formula is C11H21NOS. The van der Waals surface area contributed by atoms with Crippen LogP contribution in [0.25, 0.3) is 0 Å². The standard InChI is InChI=1S/C11H21NOS/c1-3-13-11-5-9(6-11)12-10-4-8(2)14-7-10/h8-12H,3-7H2,1-2H3. The Hall–Kier alpha value is 0.270. The lowest BCUT2D eigenvalue weighted by atomic mass is 9.88. The molecule has 0 aromatic rings. The molecule has 0 spiro atoms. The first-order valence-electron chi connectivity index (χ1n) is 5.77. The van der Waals surface area contributed by atoms with Crippen LogP contribution in [-0.4, -0.2) is 35.8 Å². The van der Waals surface area contributed by atoms with Crippen molar-refractivity contribution in [3.63, 3.8) is 0 Å². The fraction of sp³-hybridized carbons (Fsp3) is 1.00. The normalized spacial score (nSPS) is 42.4. The summed E-state index contributed by atoms with van der Waals surface area (Å²) in [5, 5.41) is 4.59. The van der Waals surface area contributed by atoms with E-state index in [4.69, 9.17) is 4.74 Å². The first-order chi connectivity index (χ1) is 6.78. The third-order valence-corrected chi connectivity index (χ3v) is 4.52. The summed E-state index contributed by atoms with van der Waals surface area (Å²) in [4.78, 5) is 0. The van der Waals surface area contributed by atoms with Crippen molar-refractivity contribution in [3.05, 3.63) is 0 Å². The monoisotopic (exact) mass is 215 g/mol. The van der Waals surface area contributed by atoms with E-state index in [1.807, 2.05) is 0 Å². The summed E-state index contributed by atoms with van der Waals surface area (Å²) in [7, 11) is 0. The van der Waals surface area contributed by atoms with Gasteiger partial charge in [-0.2, -0.15) is 11.8 Å². The van der Waals surface area contributed by atoms with Crippen LogP contribution >= 0.6 is 11.8 Å². The lowest BCUT2D eigenvalue weighted by Gasteiger charge is -2.37. The fourth-order valence-corrected chi connectivity index (χ4v) is 3.50. The SMILES string of the molecule is CCOC1CC(NC2CSC(C)C2)C1. The predicted octanol–water partition coefficient (Wildman–Crippen LogP) is 2.04. The molecule has 1 N–H and O–H groups in total. The summed E-state index contributed by atoms with van der Waals surface area (Å²) in [6.45, 7) is 5.28. The highest BCUT2D eigenvalue weighted by molar-refractivity contribution is 8.00. The van der Waals surface area contributed by atoms with Gasteiger partial charge in [0.15, 0.2) is 0 Å². The van der Waals surface area contributed by atoms with Gasteiger partial charge in [-0.3, -0.25) is 0 Å². The molecule has 2 unspecified atom stereocenters. The van der Waals surface area contributed by atoms with E-state index in [2.05, 4.69) is 30.9 Å². The molecule has 1 saturated heterocycles. The van der Waals surface area contributed by atoms with Crippen molar-refractivity contribution in [2.45, 2.75) is 56.5 Å². The van der Waals surface area contributed by atoms with Gasteiger partial charge < -0.3 is 10.1 Å². The van der Waals surface area contributed by atoms with Gasteiger partial charge in [0.2, 0.25) is 0 Å². The average Bonchev–Trinajstić information content (AvgIpc) is 2.48. The minimum atomic E-state index is 0.545. The zero-order valence-electron chi connectivity index (χ0n) is 9.16. The van der Waals surface area contributed by atoms with Crippen molar-refractivity contribution in [3.8, 4) is 0 Å². The zero-order valence-corrected chi connectivity index (χ0v) is 9.98. The summed E-state index contributed by atoms with van der Waals surface area (Å²) in [6, 6.07) is 1.50. The molecule has 1 aliphatic heterocycles. The van der Waals surface area contributed by atoms with Gasteiger partial charge in [-0.1, -0.05) is 6.92 Å². The molecule has 14 heavy (non-hydrogen) atoms. The largest absolute Gasteiger partial charge is 0.378 e. The molecular weight excluding hydrogens is 194 g/mol. The Kier molecular flexibility index (Phi) is 3.74. The van der Waals surface area contributed by atoms with Gasteiger partial charge in [-0.05, 0) is 26.2 Å². The van der Waals surface area contributed by atoms with Gasteiger partial charge in [0.05, 0.1) is 6.10 Å². The van der Waals surface area contributed by atoms with Crippen molar-refractivity contribution in [2.24, 2.45) is 0 Å². The first-order valence-corrected chi connectivity index (χ1v) is 6.82. The molecule has 1 saturated carbocycles. The van der Waals surface area contributed by atoms with Crippen molar-refractivity contribution < 1.29 is 4.74 Å². The summed E-state index contributed by atoms with van der Waals surface area (Å²) in [5.74, 6) is 1.30. The molecule has 2 rings (SSSR count). The van der Waals surface area contributed by atoms with Crippen LogP contribution in [-0.2, 0) is 4.74 Å². The van der Waals surface area contributed by atoms with Crippen molar-refractivity contribution in [1.29, 1.82) is 0 Å². The van der Waals surface area contributed by atoms with Gasteiger partial charge >= 0.3 is 0 Å².